The van der Waals surface area contributed by atoms with Gasteiger partial charge in [0.15, 0.2) is 7.13 Å². The lowest BCUT2D eigenvalue weighted by Gasteiger charge is -2.40. The van der Waals surface area contributed by atoms with Crippen LogP contribution in [0, 0.1) is 0 Å². The highest BCUT2D eigenvalue weighted by Crippen LogP contribution is 2.49. The normalized spacial score (nSPS) is 11.8. The predicted molar refractivity (Wildman–Crippen MR) is 91.2 cm³/mol. The Kier molecular flexibility index (Phi) is 4.27. The van der Waals surface area contributed by atoms with Crippen molar-refractivity contribution in [2.75, 3.05) is 14.1 Å². The van der Waals surface area contributed by atoms with Crippen LogP contribution in [0.2, 0.25) is 0 Å². The molecule has 0 saturated heterocycles. The Bertz CT molecular complexity index is 448. The van der Waals surface area contributed by atoms with Gasteiger partial charge in [0, 0.05) is 10.6 Å². The number of rotatable bonds is 4. The molecule has 0 bridgehead atoms. The van der Waals surface area contributed by atoms with Crippen LogP contribution in [-0.2, 0) is 0 Å². The molecule has 18 heavy (non-hydrogen) atoms. The minimum absolute atomic E-state index is 0.0373. The second kappa shape index (κ2) is 5.73. The molecule has 0 aliphatic carbocycles. The van der Waals surface area contributed by atoms with Crippen molar-refractivity contribution in [1.82, 2.24) is 4.81 Å². The van der Waals surface area contributed by atoms with Crippen molar-refractivity contribution in [2.45, 2.75) is 0 Å². The Morgan fingerprint density at radius 1 is 0.833 bits per heavy atom. The predicted octanol–water partition coefficient (Wildman–Crippen LogP) is 0.496. The summed E-state index contributed by atoms with van der Waals surface area (Å²) in [4.78, 5) is 2.49. The summed E-state index contributed by atoms with van der Waals surface area (Å²) >= 11 is 0. The molecule has 0 spiro atoms. The second-order valence-corrected chi connectivity index (χ2v) is 7.32. The first-order valence-electron chi connectivity index (χ1n) is 6.06. The van der Waals surface area contributed by atoms with E-state index in [0.717, 1.165) is 0 Å². The van der Waals surface area contributed by atoms with Gasteiger partial charge in [-0.25, -0.2) is 7.02 Å². The molecule has 1 nitrogen and oxygen atoms in total. The Balaban J connectivity index is 2.48. The van der Waals surface area contributed by atoms with E-state index in [1.54, 1.807) is 10.6 Å². The molecule has 4 heteroatoms. The van der Waals surface area contributed by atoms with E-state index in [4.69, 9.17) is 0 Å². The van der Waals surface area contributed by atoms with Crippen molar-refractivity contribution in [3.05, 3.63) is 60.7 Å². The molecule has 0 radical (unpaired) electrons. The molecule has 0 saturated carbocycles. The SMILES string of the molecule is [BH3-][P+]([BH2-]N(C)C)(c1ccccc1)c1ccccc1. The molecule has 0 unspecified atom stereocenters. The van der Waals surface area contributed by atoms with E-state index in [0.29, 0.717) is 7.57 Å². The highest BCUT2D eigenvalue weighted by Gasteiger charge is 2.23. The standard InChI is InChI=1S/C14H21B2NP/c1-17(2)16-18(15,13-9-5-3-6-10-13)14-11-7-4-8-12-14/h3-12H,16H2,1-2,15H3/q-1. The van der Waals surface area contributed by atoms with E-state index in [9.17, 15) is 0 Å². The lowest BCUT2D eigenvalue weighted by atomic mass is 10.3. The maximum Gasteiger partial charge on any atom is 0.172 e. The third kappa shape index (κ3) is 2.85. The van der Waals surface area contributed by atoms with Gasteiger partial charge in [0.1, 0.15) is 0 Å². The first kappa shape index (κ1) is 13.4. The molecule has 94 valence electrons. The molecule has 0 amide bonds. The van der Waals surface area contributed by atoms with E-state index in [1.165, 1.54) is 0 Å². The highest BCUT2D eigenvalue weighted by atomic mass is 31.2. The van der Waals surface area contributed by atoms with Gasteiger partial charge in [0.05, 0.1) is 7.57 Å². The van der Waals surface area contributed by atoms with Crippen molar-refractivity contribution in [3.63, 3.8) is 0 Å². The Labute approximate surface area is 112 Å². The van der Waals surface area contributed by atoms with Crippen LogP contribution in [0.4, 0.5) is 0 Å². The van der Waals surface area contributed by atoms with E-state index in [1.807, 2.05) is 0 Å². The zero-order valence-electron chi connectivity index (χ0n) is 10.7. The molecule has 0 aromatic heterocycles. The molecule has 0 heterocycles. The quantitative estimate of drug-likeness (QED) is 0.568. The molecule has 0 atom stereocenters. The van der Waals surface area contributed by atoms with Gasteiger partial charge in [-0.05, 0) is 38.4 Å². The van der Waals surface area contributed by atoms with Crippen LogP contribution in [0.3, 0.4) is 0 Å². The first-order valence-corrected chi connectivity index (χ1v) is 7.85. The van der Waals surface area contributed by atoms with Crippen LogP contribution in [0.1, 0.15) is 0 Å². The first-order chi connectivity index (χ1) is 8.63. The number of nitrogens with zero attached hydrogens (tertiary/aromatic N) is 1. The van der Waals surface area contributed by atoms with Gasteiger partial charge in [0.25, 0.3) is 0 Å². The monoisotopic (exact) mass is 256 g/mol. The zero-order valence-corrected chi connectivity index (χ0v) is 11.6. The summed E-state index contributed by atoms with van der Waals surface area (Å²) in [5, 5.41) is 3.29. The van der Waals surface area contributed by atoms with Crippen molar-refractivity contribution in [1.29, 1.82) is 0 Å². The van der Waals surface area contributed by atoms with Gasteiger partial charge in [-0.3, -0.25) is 0 Å². The van der Waals surface area contributed by atoms with Crippen LogP contribution in [-0.4, -0.2) is 33.6 Å². The van der Waals surface area contributed by atoms with Gasteiger partial charge in [-0.1, -0.05) is 36.4 Å². The van der Waals surface area contributed by atoms with E-state index in [-0.39, 0.29) is 7.13 Å². The molecule has 2 rings (SSSR count). The maximum atomic E-state index is 2.49. The summed E-state index contributed by atoms with van der Waals surface area (Å²) in [6.45, 7) is 0. The number of benzene rings is 2. The fourth-order valence-corrected chi connectivity index (χ4v) is 4.88. The third-order valence-corrected chi connectivity index (χ3v) is 6.23. The number of hydrogen-bond acceptors (Lipinski definition) is 1. The smallest absolute Gasteiger partial charge is 0.172 e. The van der Waals surface area contributed by atoms with E-state index < -0.39 is 7.02 Å². The van der Waals surface area contributed by atoms with Crippen molar-refractivity contribution in [3.8, 4) is 0 Å². The van der Waals surface area contributed by atoms with Crippen molar-refractivity contribution in [2.24, 2.45) is 0 Å². The van der Waals surface area contributed by atoms with Gasteiger partial charge in [-0.2, -0.15) is 0 Å². The van der Waals surface area contributed by atoms with E-state index in [2.05, 4.69) is 79.6 Å². The Morgan fingerprint density at radius 3 is 1.56 bits per heavy atom. The largest absolute Gasteiger partial charge is 0.451 e. The fourth-order valence-electron chi connectivity index (χ4n) is 2.08. The van der Waals surface area contributed by atoms with Crippen molar-refractivity contribution >= 4 is 32.3 Å². The summed E-state index contributed by atoms with van der Waals surface area (Å²) in [5.74, 6) is 0. The summed E-state index contributed by atoms with van der Waals surface area (Å²) in [5.41, 5.74) is 0. The molecule has 0 aliphatic rings. The molecular weight excluding hydrogens is 235 g/mol. The molecule has 2 aromatic rings. The molecular formula is C14H21B2NP-. The van der Waals surface area contributed by atoms with Crippen LogP contribution in [0.15, 0.2) is 60.7 Å². The minimum atomic E-state index is -0.929. The van der Waals surface area contributed by atoms with Crippen LogP contribution in [0.5, 0.6) is 0 Å². The highest BCUT2D eigenvalue weighted by molar-refractivity contribution is 8.26. The Hall–Kier alpha value is -1.04. The summed E-state index contributed by atoms with van der Waals surface area (Å²) in [7, 11) is 3.83. The summed E-state index contributed by atoms with van der Waals surface area (Å²) in [6, 6.07) is 22.5. The maximum absolute atomic E-state index is 2.49. The summed E-state index contributed by atoms with van der Waals surface area (Å²) in [6.07, 6.45) is 0. The zero-order chi connectivity index (χ0) is 13.0. The molecule has 0 N–H and O–H groups in total. The fraction of sp³-hybridized carbons (Fsp3) is 0.143. The molecule has 2 aromatic carbocycles. The average molecular weight is 256 g/mol. The topological polar surface area (TPSA) is 3.24 Å². The van der Waals surface area contributed by atoms with Gasteiger partial charge in [0.2, 0.25) is 0 Å². The number of hydrogen-bond donors (Lipinski definition) is 0. The lowest BCUT2D eigenvalue weighted by Crippen LogP contribution is -2.33. The average Bonchev–Trinajstić information content (AvgIpc) is 2.40. The lowest BCUT2D eigenvalue weighted by molar-refractivity contribution is 0.674. The van der Waals surface area contributed by atoms with Gasteiger partial charge in [-0.15, -0.1) is 0 Å². The van der Waals surface area contributed by atoms with Crippen LogP contribution in [0.25, 0.3) is 0 Å². The van der Waals surface area contributed by atoms with Crippen LogP contribution >= 0.6 is 7.02 Å². The van der Waals surface area contributed by atoms with Gasteiger partial charge < -0.3 is 4.81 Å². The third-order valence-electron chi connectivity index (χ3n) is 2.89. The van der Waals surface area contributed by atoms with Gasteiger partial charge >= 0.3 is 0 Å². The minimum Gasteiger partial charge on any atom is -0.451 e. The summed E-state index contributed by atoms with van der Waals surface area (Å²) < 4.78 is 0. The molecule has 0 aliphatic heterocycles. The second-order valence-electron chi connectivity index (χ2n) is 4.77. The molecule has 0 fully saturated rings. The van der Waals surface area contributed by atoms with Crippen LogP contribution < -0.4 is 10.6 Å². The van der Waals surface area contributed by atoms with Crippen molar-refractivity contribution < 1.29 is 0 Å². The van der Waals surface area contributed by atoms with E-state index >= 15 is 0 Å². The Morgan fingerprint density at radius 2 is 1.22 bits per heavy atom.